The molecule has 2 aromatic rings. The molecule has 1 N–H and O–H groups in total. The second-order valence-electron chi connectivity index (χ2n) is 3.21. The van der Waals surface area contributed by atoms with Gasteiger partial charge in [0.25, 0.3) is 0 Å². The van der Waals surface area contributed by atoms with Crippen molar-refractivity contribution in [1.29, 1.82) is 0 Å². The summed E-state index contributed by atoms with van der Waals surface area (Å²) in [6.07, 6.45) is 4.69. The van der Waals surface area contributed by atoms with Gasteiger partial charge in [0, 0.05) is 12.4 Å². The Morgan fingerprint density at radius 2 is 2.25 bits per heavy atom. The Hall–Kier alpha value is -1.69. The van der Waals surface area contributed by atoms with Crippen molar-refractivity contribution in [3.63, 3.8) is 0 Å². The van der Waals surface area contributed by atoms with E-state index in [0.29, 0.717) is 16.2 Å². The fourth-order valence-electron chi connectivity index (χ4n) is 1.35. The molecule has 0 radical (unpaired) electrons. The molecule has 2 heterocycles. The van der Waals surface area contributed by atoms with Crippen LogP contribution in [-0.2, 0) is 0 Å². The highest BCUT2D eigenvalue weighted by Crippen LogP contribution is 2.11. The number of carbonyl (C=O) groups is 1. The molecule has 0 aromatic carbocycles. The van der Waals surface area contributed by atoms with Crippen molar-refractivity contribution in [2.45, 2.75) is 12.1 Å². The van der Waals surface area contributed by atoms with E-state index in [9.17, 15) is 9.59 Å². The zero-order valence-electron chi connectivity index (χ0n) is 8.77. The lowest BCUT2D eigenvalue weighted by Crippen LogP contribution is -2.14. The lowest BCUT2D eigenvalue weighted by molar-refractivity contribution is 0.101. The quantitative estimate of drug-likeness (QED) is 0.481. The van der Waals surface area contributed by atoms with E-state index in [2.05, 4.69) is 15.0 Å². The Balaban J connectivity index is 2.77. The molecule has 0 fully saturated rings. The molecule has 0 aliphatic carbocycles. The minimum absolute atomic E-state index is 0.132. The number of pyridine rings is 1. The number of carbonyl (C=O) groups excluding carboxylic acids is 1. The minimum atomic E-state index is -0.325. The van der Waals surface area contributed by atoms with E-state index in [0.717, 1.165) is 0 Å². The van der Waals surface area contributed by atoms with Gasteiger partial charge in [-0.2, -0.15) is 0 Å². The molecule has 0 atom stereocenters. The van der Waals surface area contributed by atoms with Crippen LogP contribution in [0.2, 0.25) is 0 Å². The monoisotopic (exact) mass is 235 g/mol. The molecule has 0 aliphatic rings. The second-order valence-corrected chi connectivity index (χ2v) is 3.98. The van der Waals surface area contributed by atoms with Gasteiger partial charge in [-0.25, -0.2) is 9.97 Å². The van der Waals surface area contributed by atoms with Gasteiger partial charge in [-0.1, -0.05) is 11.8 Å². The molecule has 0 saturated heterocycles. The number of hydrogen-bond donors (Lipinski definition) is 1. The van der Waals surface area contributed by atoms with Gasteiger partial charge in [0.05, 0.1) is 10.9 Å². The van der Waals surface area contributed by atoms with Gasteiger partial charge in [-0.3, -0.25) is 9.59 Å². The van der Waals surface area contributed by atoms with Crippen LogP contribution >= 0.6 is 11.8 Å². The molecule has 0 aliphatic heterocycles. The summed E-state index contributed by atoms with van der Waals surface area (Å²) in [7, 11) is 0. The van der Waals surface area contributed by atoms with E-state index in [1.54, 1.807) is 0 Å². The number of fused-ring (bicyclic) bond motifs is 1. The molecule has 2 aromatic heterocycles. The van der Waals surface area contributed by atoms with Crippen LogP contribution in [0.15, 0.2) is 22.3 Å². The van der Waals surface area contributed by atoms with E-state index in [-0.39, 0.29) is 16.8 Å². The lowest BCUT2D eigenvalue weighted by Gasteiger charge is -2.00. The van der Waals surface area contributed by atoms with Gasteiger partial charge in [-0.05, 0) is 13.2 Å². The van der Waals surface area contributed by atoms with Crippen molar-refractivity contribution in [3.05, 3.63) is 28.2 Å². The summed E-state index contributed by atoms with van der Waals surface area (Å²) in [6, 6.07) is 0. The largest absolute Gasteiger partial charge is 0.345 e. The maximum atomic E-state index is 11.8. The summed E-state index contributed by atoms with van der Waals surface area (Å²) in [5.74, 6) is -0.267. The number of H-pyrrole nitrogens is 1. The standard InChI is InChI=1S/C10H9N3O2S/c1-5(14)6-3-11-9-7(8(6)15)4-12-10(13-9)16-2/h3-4H,1-2H3,(H,11,12,13,15). The molecule has 0 bridgehead atoms. The Bertz CT molecular complexity index is 621. The highest BCUT2D eigenvalue weighted by molar-refractivity contribution is 7.98. The van der Waals surface area contributed by atoms with Gasteiger partial charge in [-0.15, -0.1) is 0 Å². The van der Waals surface area contributed by atoms with Crippen molar-refractivity contribution in [3.8, 4) is 0 Å². The molecule has 82 valence electrons. The zero-order valence-corrected chi connectivity index (χ0v) is 9.59. The van der Waals surface area contributed by atoms with Crippen molar-refractivity contribution < 1.29 is 4.79 Å². The molecule has 0 saturated carbocycles. The minimum Gasteiger partial charge on any atom is -0.345 e. The average molecular weight is 235 g/mol. The maximum absolute atomic E-state index is 11.8. The first-order chi connectivity index (χ1) is 7.63. The molecule has 5 nitrogen and oxygen atoms in total. The number of ketones is 1. The SMILES string of the molecule is CSc1ncc2c(=O)c(C(C)=O)c[nH]c2n1. The van der Waals surface area contributed by atoms with Crippen LogP contribution in [0.3, 0.4) is 0 Å². The number of thioether (sulfide) groups is 1. The first kappa shape index (κ1) is 10.8. The number of hydrogen-bond acceptors (Lipinski definition) is 5. The molecule has 0 unspecified atom stereocenters. The third-order valence-electron chi connectivity index (χ3n) is 2.17. The average Bonchev–Trinajstić information content (AvgIpc) is 2.28. The second kappa shape index (κ2) is 4.05. The van der Waals surface area contributed by atoms with Crippen LogP contribution in [0.1, 0.15) is 17.3 Å². The molecular formula is C10H9N3O2S. The Morgan fingerprint density at radius 1 is 1.50 bits per heavy atom. The van der Waals surface area contributed by atoms with Crippen molar-refractivity contribution in [2.75, 3.05) is 6.26 Å². The Labute approximate surface area is 95.3 Å². The molecule has 6 heteroatoms. The van der Waals surface area contributed by atoms with Crippen LogP contribution < -0.4 is 5.43 Å². The van der Waals surface area contributed by atoms with Gasteiger partial charge < -0.3 is 4.98 Å². The fraction of sp³-hybridized carbons (Fsp3) is 0.200. The predicted octanol–water partition coefficient (Wildman–Crippen LogP) is 1.24. The third kappa shape index (κ3) is 1.71. The normalized spacial score (nSPS) is 10.6. The summed E-state index contributed by atoms with van der Waals surface area (Å²) in [5, 5.41) is 0.921. The topological polar surface area (TPSA) is 75.7 Å². The van der Waals surface area contributed by atoms with E-state index in [1.807, 2.05) is 6.26 Å². The van der Waals surface area contributed by atoms with Crippen molar-refractivity contribution in [2.24, 2.45) is 0 Å². The van der Waals surface area contributed by atoms with Crippen LogP contribution in [0.4, 0.5) is 0 Å². The van der Waals surface area contributed by atoms with Gasteiger partial charge in [0.1, 0.15) is 5.65 Å². The summed E-state index contributed by atoms with van der Waals surface area (Å²) >= 11 is 1.39. The summed E-state index contributed by atoms with van der Waals surface area (Å²) in [5.41, 5.74) is 0.260. The number of nitrogens with zero attached hydrogens (tertiary/aromatic N) is 2. The summed E-state index contributed by atoms with van der Waals surface area (Å²) in [4.78, 5) is 34.0. The molecular weight excluding hydrogens is 226 g/mol. The molecule has 16 heavy (non-hydrogen) atoms. The van der Waals surface area contributed by atoms with Crippen molar-refractivity contribution >= 4 is 28.6 Å². The summed E-state index contributed by atoms with van der Waals surface area (Å²) in [6.45, 7) is 1.35. The van der Waals surface area contributed by atoms with Crippen LogP contribution in [0.25, 0.3) is 11.0 Å². The first-order valence-corrected chi connectivity index (χ1v) is 5.79. The van der Waals surface area contributed by atoms with Gasteiger partial charge in [0.15, 0.2) is 10.9 Å². The van der Waals surface area contributed by atoms with Gasteiger partial charge in [0.2, 0.25) is 5.43 Å². The molecule has 2 rings (SSSR count). The number of nitrogens with one attached hydrogen (secondary N) is 1. The number of aromatic amines is 1. The van der Waals surface area contributed by atoms with E-state index in [1.165, 1.54) is 31.1 Å². The van der Waals surface area contributed by atoms with Crippen molar-refractivity contribution in [1.82, 2.24) is 15.0 Å². The smallest absolute Gasteiger partial charge is 0.203 e. The number of aromatic nitrogens is 3. The lowest BCUT2D eigenvalue weighted by atomic mass is 10.1. The third-order valence-corrected chi connectivity index (χ3v) is 2.73. The fourth-order valence-corrected chi connectivity index (χ4v) is 1.69. The first-order valence-electron chi connectivity index (χ1n) is 4.57. The molecule has 0 amide bonds. The van der Waals surface area contributed by atoms with E-state index in [4.69, 9.17) is 0 Å². The highest BCUT2D eigenvalue weighted by Gasteiger charge is 2.10. The Kier molecular flexibility index (Phi) is 2.74. The molecule has 0 spiro atoms. The van der Waals surface area contributed by atoms with Crippen LogP contribution in [-0.4, -0.2) is 27.0 Å². The predicted molar refractivity (Wildman–Crippen MR) is 61.9 cm³/mol. The summed E-state index contributed by atoms with van der Waals surface area (Å²) < 4.78 is 0. The highest BCUT2D eigenvalue weighted by atomic mass is 32.2. The zero-order chi connectivity index (χ0) is 11.7. The van der Waals surface area contributed by atoms with Crippen LogP contribution in [0.5, 0.6) is 0 Å². The Morgan fingerprint density at radius 3 is 2.88 bits per heavy atom. The maximum Gasteiger partial charge on any atom is 0.203 e. The number of Topliss-reactive ketones (excluding diaryl/α,β-unsaturated/α-hetero) is 1. The van der Waals surface area contributed by atoms with E-state index >= 15 is 0 Å². The van der Waals surface area contributed by atoms with E-state index < -0.39 is 0 Å². The number of rotatable bonds is 2. The van der Waals surface area contributed by atoms with Crippen LogP contribution in [0, 0.1) is 0 Å². The van der Waals surface area contributed by atoms with Gasteiger partial charge >= 0.3 is 0 Å².